The van der Waals surface area contributed by atoms with Gasteiger partial charge in [0.2, 0.25) is 5.91 Å². The second-order valence-corrected chi connectivity index (χ2v) is 6.62. The van der Waals surface area contributed by atoms with E-state index in [2.05, 4.69) is 10.6 Å². The average Bonchev–Trinajstić information content (AvgIpc) is 2.78. The fraction of sp³-hybridized carbons (Fsp3) is 0.125. The molecular weight excluding hydrogens is 396 g/mol. The van der Waals surface area contributed by atoms with Gasteiger partial charge in [0.15, 0.2) is 13.2 Å². The minimum absolute atomic E-state index is 0.183. The molecule has 0 aliphatic rings. The number of carbonyl (C=O) groups is 3. The van der Waals surface area contributed by atoms with Gasteiger partial charge in [-0.2, -0.15) is 0 Å². The van der Waals surface area contributed by atoms with Crippen LogP contribution in [0.25, 0.3) is 11.1 Å². The first-order valence-corrected chi connectivity index (χ1v) is 9.61. The fourth-order valence-corrected chi connectivity index (χ4v) is 2.81. The first kappa shape index (κ1) is 21.6. The van der Waals surface area contributed by atoms with Crippen molar-refractivity contribution in [2.75, 3.05) is 23.8 Å². The molecule has 0 saturated carbocycles. The van der Waals surface area contributed by atoms with E-state index >= 15 is 0 Å². The van der Waals surface area contributed by atoms with Gasteiger partial charge in [0.1, 0.15) is 5.75 Å². The zero-order valence-electron chi connectivity index (χ0n) is 17.0. The summed E-state index contributed by atoms with van der Waals surface area (Å²) in [5.41, 5.74) is 2.96. The third kappa shape index (κ3) is 6.71. The molecule has 0 fully saturated rings. The Labute approximate surface area is 180 Å². The second kappa shape index (κ2) is 10.6. The molecular formula is C24H22N2O5. The Kier molecular flexibility index (Phi) is 7.37. The third-order valence-corrected chi connectivity index (χ3v) is 4.17. The monoisotopic (exact) mass is 418 g/mol. The normalized spacial score (nSPS) is 10.1. The Morgan fingerprint density at radius 1 is 0.742 bits per heavy atom. The Bertz CT molecular complexity index is 1050. The van der Waals surface area contributed by atoms with E-state index in [1.54, 1.807) is 30.3 Å². The van der Waals surface area contributed by atoms with Gasteiger partial charge >= 0.3 is 5.97 Å². The summed E-state index contributed by atoms with van der Waals surface area (Å²) < 4.78 is 10.6. The van der Waals surface area contributed by atoms with E-state index in [-0.39, 0.29) is 12.5 Å². The molecule has 0 radical (unpaired) electrons. The number of benzene rings is 3. The van der Waals surface area contributed by atoms with Gasteiger partial charge < -0.3 is 20.1 Å². The molecule has 7 heteroatoms. The highest BCUT2D eigenvalue weighted by atomic mass is 16.6. The van der Waals surface area contributed by atoms with Crippen LogP contribution in [0.4, 0.5) is 11.4 Å². The summed E-state index contributed by atoms with van der Waals surface area (Å²) in [5, 5.41) is 5.24. The maximum absolute atomic E-state index is 12.0. The number of para-hydroxylation sites is 1. The highest BCUT2D eigenvalue weighted by Crippen LogP contribution is 2.29. The molecule has 3 rings (SSSR count). The van der Waals surface area contributed by atoms with Crippen LogP contribution in [0.5, 0.6) is 5.75 Å². The van der Waals surface area contributed by atoms with Crippen molar-refractivity contribution >= 4 is 29.2 Å². The van der Waals surface area contributed by atoms with Crippen molar-refractivity contribution in [3.8, 4) is 16.9 Å². The average molecular weight is 418 g/mol. The molecule has 0 bridgehead atoms. The van der Waals surface area contributed by atoms with Gasteiger partial charge in [-0.1, -0.05) is 48.5 Å². The highest BCUT2D eigenvalue weighted by molar-refractivity contribution is 5.93. The predicted molar refractivity (Wildman–Crippen MR) is 118 cm³/mol. The third-order valence-electron chi connectivity index (χ3n) is 4.17. The smallest absolute Gasteiger partial charge is 0.344 e. The van der Waals surface area contributed by atoms with Crippen molar-refractivity contribution in [1.82, 2.24) is 0 Å². The van der Waals surface area contributed by atoms with Gasteiger partial charge in [-0.25, -0.2) is 4.79 Å². The quantitative estimate of drug-likeness (QED) is 0.542. The number of esters is 1. The molecule has 0 aromatic heterocycles. The van der Waals surface area contributed by atoms with E-state index in [1.807, 2.05) is 48.5 Å². The Morgan fingerprint density at radius 2 is 1.35 bits per heavy atom. The van der Waals surface area contributed by atoms with Crippen LogP contribution in [-0.4, -0.2) is 31.0 Å². The van der Waals surface area contributed by atoms with E-state index in [4.69, 9.17) is 9.47 Å². The lowest BCUT2D eigenvalue weighted by molar-refractivity contribution is -0.149. The molecule has 0 aliphatic carbocycles. The molecule has 0 atom stereocenters. The Balaban J connectivity index is 1.47. The van der Waals surface area contributed by atoms with Gasteiger partial charge in [-0.3, -0.25) is 9.59 Å². The van der Waals surface area contributed by atoms with Crippen molar-refractivity contribution in [3.05, 3.63) is 78.9 Å². The zero-order valence-corrected chi connectivity index (χ0v) is 17.0. The van der Waals surface area contributed by atoms with Gasteiger partial charge in [-0.15, -0.1) is 0 Å². The number of amides is 2. The lowest BCUT2D eigenvalue weighted by Gasteiger charge is -2.11. The van der Waals surface area contributed by atoms with Crippen molar-refractivity contribution in [2.24, 2.45) is 0 Å². The highest BCUT2D eigenvalue weighted by Gasteiger charge is 2.11. The summed E-state index contributed by atoms with van der Waals surface area (Å²) in [6, 6.07) is 23.6. The predicted octanol–water partition coefficient (Wildman–Crippen LogP) is 3.87. The second-order valence-electron chi connectivity index (χ2n) is 6.62. The molecule has 0 spiro atoms. The van der Waals surface area contributed by atoms with Gasteiger partial charge in [0.05, 0.1) is 0 Å². The lowest BCUT2D eigenvalue weighted by atomic mass is 10.1. The van der Waals surface area contributed by atoms with Crippen LogP contribution in [0.15, 0.2) is 78.9 Å². The number of anilines is 2. The molecule has 0 saturated heterocycles. The number of rotatable bonds is 8. The number of hydrogen-bond acceptors (Lipinski definition) is 5. The number of hydrogen-bond donors (Lipinski definition) is 2. The molecule has 158 valence electrons. The Hall–Kier alpha value is -4.13. The SMILES string of the molecule is CC(=O)Nc1ccc(NC(=O)COC(=O)COc2ccccc2-c2ccccc2)cc1. The summed E-state index contributed by atoms with van der Waals surface area (Å²) in [5.74, 6) is -0.768. The van der Waals surface area contributed by atoms with E-state index in [1.165, 1.54) is 6.92 Å². The number of nitrogens with one attached hydrogen (secondary N) is 2. The molecule has 0 unspecified atom stereocenters. The number of ether oxygens (including phenoxy) is 2. The first-order chi connectivity index (χ1) is 15.0. The van der Waals surface area contributed by atoms with Gasteiger partial charge in [-0.05, 0) is 35.9 Å². The molecule has 7 nitrogen and oxygen atoms in total. The molecule has 0 aliphatic heterocycles. The molecule has 3 aromatic carbocycles. The summed E-state index contributed by atoms with van der Waals surface area (Å²) in [7, 11) is 0. The molecule has 2 amide bonds. The Morgan fingerprint density at radius 3 is 2.03 bits per heavy atom. The van der Waals surface area contributed by atoms with Crippen LogP contribution in [0.2, 0.25) is 0 Å². The molecule has 2 N–H and O–H groups in total. The van der Waals surface area contributed by atoms with E-state index in [0.717, 1.165) is 11.1 Å². The van der Waals surface area contributed by atoms with E-state index in [0.29, 0.717) is 17.1 Å². The summed E-state index contributed by atoms with van der Waals surface area (Å²) in [6.07, 6.45) is 0. The van der Waals surface area contributed by atoms with Crippen molar-refractivity contribution in [1.29, 1.82) is 0 Å². The zero-order chi connectivity index (χ0) is 22.1. The van der Waals surface area contributed by atoms with Crippen LogP contribution in [0.1, 0.15) is 6.92 Å². The van der Waals surface area contributed by atoms with E-state index in [9.17, 15) is 14.4 Å². The van der Waals surface area contributed by atoms with Crippen LogP contribution in [0.3, 0.4) is 0 Å². The van der Waals surface area contributed by atoms with Crippen molar-refractivity contribution in [2.45, 2.75) is 6.92 Å². The summed E-state index contributed by atoms with van der Waals surface area (Å²) >= 11 is 0. The van der Waals surface area contributed by atoms with Gasteiger partial charge in [0, 0.05) is 23.9 Å². The fourth-order valence-electron chi connectivity index (χ4n) is 2.81. The molecule has 0 heterocycles. The van der Waals surface area contributed by atoms with Crippen LogP contribution in [0, 0.1) is 0 Å². The van der Waals surface area contributed by atoms with Crippen LogP contribution in [-0.2, 0) is 19.1 Å². The standard InChI is InChI=1S/C24H22N2O5/c1-17(27)25-19-11-13-20(14-12-19)26-23(28)15-31-24(29)16-30-22-10-6-5-9-21(22)18-7-3-2-4-8-18/h2-14H,15-16H2,1H3,(H,25,27)(H,26,28). The largest absolute Gasteiger partial charge is 0.481 e. The van der Waals surface area contributed by atoms with Crippen molar-refractivity contribution in [3.63, 3.8) is 0 Å². The maximum Gasteiger partial charge on any atom is 0.344 e. The first-order valence-electron chi connectivity index (χ1n) is 9.61. The van der Waals surface area contributed by atoms with E-state index < -0.39 is 18.5 Å². The van der Waals surface area contributed by atoms with Gasteiger partial charge in [0.25, 0.3) is 5.91 Å². The molecule has 3 aromatic rings. The lowest BCUT2D eigenvalue weighted by Crippen LogP contribution is -2.23. The number of carbonyl (C=O) groups excluding carboxylic acids is 3. The molecule has 31 heavy (non-hydrogen) atoms. The minimum Gasteiger partial charge on any atom is -0.481 e. The summed E-state index contributed by atoms with van der Waals surface area (Å²) in [4.78, 5) is 35.0. The van der Waals surface area contributed by atoms with Crippen molar-refractivity contribution < 1.29 is 23.9 Å². The van der Waals surface area contributed by atoms with Crippen LogP contribution < -0.4 is 15.4 Å². The summed E-state index contributed by atoms with van der Waals surface area (Å²) in [6.45, 7) is 0.659. The van der Waals surface area contributed by atoms with Crippen LogP contribution >= 0.6 is 0 Å². The topological polar surface area (TPSA) is 93.7 Å². The minimum atomic E-state index is -0.654. The maximum atomic E-state index is 12.0.